The lowest BCUT2D eigenvalue weighted by molar-refractivity contribution is 0.0170. The normalized spacial score (nSPS) is 16.9. The molecular weight excluding hydrogens is 349 g/mol. The molecule has 1 aromatic carbocycles. The van der Waals surface area contributed by atoms with Gasteiger partial charge < -0.3 is 15.4 Å². The van der Waals surface area contributed by atoms with Crippen molar-refractivity contribution in [1.29, 1.82) is 0 Å². The highest BCUT2D eigenvalue weighted by atomic mass is 19.1. The second-order valence-electron chi connectivity index (χ2n) is 6.32. The van der Waals surface area contributed by atoms with E-state index in [4.69, 9.17) is 4.74 Å². The minimum absolute atomic E-state index is 0.0999. The highest BCUT2D eigenvalue weighted by Crippen LogP contribution is 2.21. The van der Waals surface area contributed by atoms with E-state index in [9.17, 15) is 4.39 Å². The fraction of sp³-hybridized carbons (Fsp3) is 0.500. The summed E-state index contributed by atoms with van der Waals surface area (Å²) in [6.07, 6.45) is 1.52. The maximum atomic E-state index is 13.3. The fourth-order valence-corrected chi connectivity index (χ4v) is 3.09. The van der Waals surface area contributed by atoms with Crippen LogP contribution in [-0.4, -0.2) is 65.5 Å². The smallest absolute Gasteiger partial charge is 0.191 e. The number of hydrogen-bond acceptors (Lipinski definition) is 5. The van der Waals surface area contributed by atoms with E-state index in [0.29, 0.717) is 32.3 Å². The molecule has 1 atom stereocenters. The Bertz CT molecular complexity index is 740. The first-order chi connectivity index (χ1) is 13.2. The van der Waals surface area contributed by atoms with Gasteiger partial charge in [-0.1, -0.05) is 12.1 Å². The lowest BCUT2D eigenvalue weighted by atomic mass is 10.0. The molecule has 1 saturated heterocycles. The molecule has 0 bridgehead atoms. The molecule has 1 fully saturated rings. The molecule has 1 aromatic heterocycles. The number of aromatic nitrogens is 3. The third-order valence-corrected chi connectivity index (χ3v) is 4.65. The van der Waals surface area contributed by atoms with Crippen molar-refractivity contribution >= 4 is 5.96 Å². The number of halogens is 1. The van der Waals surface area contributed by atoms with Crippen LogP contribution in [0.5, 0.6) is 0 Å². The molecule has 0 aliphatic carbocycles. The molecule has 1 aliphatic rings. The van der Waals surface area contributed by atoms with Crippen molar-refractivity contribution in [3.05, 3.63) is 47.8 Å². The minimum Gasteiger partial charge on any atom is -0.379 e. The summed E-state index contributed by atoms with van der Waals surface area (Å²) >= 11 is 0. The van der Waals surface area contributed by atoms with E-state index in [2.05, 4.69) is 30.6 Å². The molecule has 146 valence electrons. The summed E-state index contributed by atoms with van der Waals surface area (Å²) in [6, 6.07) is 6.79. The first-order valence-electron chi connectivity index (χ1n) is 9.02. The number of nitrogens with zero attached hydrogens (tertiary/aromatic N) is 5. The van der Waals surface area contributed by atoms with Crippen LogP contribution in [0.15, 0.2) is 35.6 Å². The Hall–Kier alpha value is -2.52. The standard InChI is InChI=1S/C18H26FN7O/c1-20-18(22-12-17-23-13-24-25(17)2)21-11-16(26-7-9-27-10-8-26)14-3-5-15(19)6-4-14/h3-6,13,16H,7-12H2,1-2H3,(H2,20,21,22). The first-order valence-corrected chi connectivity index (χ1v) is 9.02. The van der Waals surface area contributed by atoms with Gasteiger partial charge in [0, 0.05) is 33.7 Å². The first kappa shape index (κ1) is 19.2. The monoisotopic (exact) mass is 375 g/mol. The second-order valence-corrected chi connectivity index (χ2v) is 6.32. The van der Waals surface area contributed by atoms with Crippen molar-refractivity contribution in [3.8, 4) is 0 Å². The van der Waals surface area contributed by atoms with Crippen LogP contribution >= 0.6 is 0 Å². The van der Waals surface area contributed by atoms with Gasteiger partial charge in [0.1, 0.15) is 18.0 Å². The highest BCUT2D eigenvalue weighted by Gasteiger charge is 2.23. The van der Waals surface area contributed by atoms with E-state index < -0.39 is 0 Å². The molecule has 3 rings (SSSR count). The van der Waals surface area contributed by atoms with Crippen LogP contribution in [0.4, 0.5) is 4.39 Å². The van der Waals surface area contributed by atoms with Crippen LogP contribution in [0.1, 0.15) is 17.4 Å². The predicted molar refractivity (Wildman–Crippen MR) is 101 cm³/mol. The maximum Gasteiger partial charge on any atom is 0.191 e. The summed E-state index contributed by atoms with van der Waals surface area (Å²) in [5.74, 6) is 1.27. The van der Waals surface area contributed by atoms with Gasteiger partial charge in [-0.25, -0.2) is 9.37 Å². The summed E-state index contributed by atoms with van der Waals surface area (Å²) in [4.78, 5) is 10.8. The number of guanidine groups is 1. The van der Waals surface area contributed by atoms with Crippen LogP contribution in [0.2, 0.25) is 0 Å². The molecule has 8 nitrogen and oxygen atoms in total. The lowest BCUT2D eigenvalue weighted by Gasteiger charge is -2.35. The van der Waals surface area contributed by atoms with E-state index >= 15 is 0 Å². The van der Waals surface area contributed by atoms with Crippen molar-refractivity contribution < 1.29 is 9.13 Å². The zero-order chi connectivity index (χ0) is 19.1. The lowest BCUT2D eigenvalue weighted by Crippen LogP contribution is -2.46. The van der Waals surface area contributed by atoms with Gasteiger partial charge in [0.2, 0.25) is 0 Å². The van der Waals surface area contributed by atoms with E-state index in [0.717, 1.165) is 24.5 Å². The largest absolute Gasteiger partial charge is 0.379 e. The second kappa shape index (κ2) is 9.43. The molecule has 2 heterocycles. The molecule has 2 aromatic rings. The van der Waals surface area contributed by atoms with Crippen molar-refractivity contribution in [3.63, 3.8) is 0 Å². The quantitative estimate of drug-likeness (QED) is 0.571. The number of morpholine rings is 1. The van der Waals surface area contributed by atoms with E-state index in [1.807, 2.05) is 19.2 Å². The molecule has 2 N–H and O–H groups in total. The number of aryl methyl sites for hydroxylation is 1. The van der Waals surface area contributed by atoms with Crippen molar-refractivity contribution in [2.24, 2.45) is 12.0 Å². The number of ether oxygens (including phenoxy) is 1. The van der Waals surface area contributed by atoms with Crippen LogP contribution in [0.25, 0.3) is 0 Å². The predicted octanol–water partition coefficient (Wildman–Crippen LogP) is 0.693. The van der Waals surface area contributed by atoms with E-state index in [1.165, 1.54) is 18.5 Å². The zero-order valence-corrected chi connectivity index (χ0v) is 15.7. The number of rotatable bonds is 6. The Morgan fingerprint density at radius 3 is 2.63 bits per heavy atom. The van der Waals surface area contributed by atoms with Gasteiger partial charge in [0.25, 0.3) is 0 Å². The molecule has 0 radical (unpaired) electrons. The van der Waals surface area contributed by atoms with Gasteiger partial charge in [-0.3, -0.25) is 14.6 Å². The Kier molecular flexibility index (Phi) is 6.72. The SMILES string of the molecule is CN=C(NCc1ncnn1C)NCC(c1ccc(F)cc1)N1CCOCC1. The summed E-state index contributed by atoms with van der Waals surface area (Å²) < 4.78 is 20.5. The summed E-state index contributed by atoms with van der Waals surface area (Å²) in [6.45, 7) is 4.26. The molecule has 0 spiro atoms. The molecular formula is C18H26FN7O. The summed E-state index contributed by atoms with van der Waals surface area (Å²) in [7, 11) is 3.58. The summed E-state index contributed by atoms with van der Waals surface area (Å²) in [5, 5.41) is 10.7. The Balaban J connectivity index is 1.63. The van der Waals surface area contributed by atoms with Gasteiger partial charge >= 0.3 is 0 Å². The van der Waals surface area contributed by atoms with E-state index in [-0.39, 0.29) is 11.9 Å². The van der Waals surface area contributed by atoms with Crippen LogP contribution in [0.3, 0.4) is 0 Å². The average molecular weight is 375 g/mol. The molecule has 1 unspecified atom stereocenters. The Morgan fingerprint density at radius 2 is 2.00 bits per heavy atom. The average Bonchev–Trinajstić information content (AvgIpc) is 3.11. The van der Waals surface area contributed by atoms with Gasteiger partial charge in [-0.05, 0) is 17.7 Å². The van der Waals surface area contributed by atoms with Crippen LogP contribution in [0, 0.1) is 5.82 Å². The highest BCUT2D eigenvalue weighted by molar-refractivity contribution is 5.79. The number of nitrogens with one attached hydrogen (secondary N) is 2. The van der Waals surface area contributed by atoms with Gasteiger partial charge in [0.15, 0.2) is 5.96 Å². The van der Waals surface area contributed by atoms with Crippen LogP contribution in [-0.2, 0) is 18.3 Å². The molecule has 27 heavy (non-hydrogen) atoms. The fourth-order valence-electron chi connectivity index (χ4n) is 3.09. The topological polar surface area (TPSA) is 79.6 Å². The third kappa shape index (κ3) is 5.24. The van der Waals surface area contributed by atoms with Crippen molar-refractivity contribution in [1.82, 2.24) is 30.3 Å². The van der Waals surface area contributed by atoms with Gasteiger partial charge in [0.05, 0.1) is 25.8 Å². The van der Waals surface area contributed by atoms with Gasteiger partial charge in [-0.15, -0.1) is 0 Å². The zero-order valence-electron chi connectivity index (χ0n) is 15.7. The van der Waals surface area contributed by atoms with Gasteiger partial charge in [-0.2, -0.15) is 5.10 Å². The maximum absolute atomic E-state index is 13.3. The molecule has 9 heteroatoms. The molecule has 0 amide bonds. The van der Waals surface area contributed by atoms with E-state index in [1.54, 1.807) is 11.7 Å². The Labute approximate surface area is 158 Å². The molecule has 1 aliphatic heterocycles. The number of hydrogen-bond donors (Lipinski definition) is 2. The molecule has 0 saturated carbocycles. The third-order valence-electron chi connectivity index (χ3n) is 4.65. The Morgan fingerprint density at radius 1 is 1.26 bits per heavy atom. The minimum atomic E-state index is -0.228. The van der Waals surface area contributed by atoms with Crippen LogP contribution < -0.4 is 10.6 Å². The van der Waals surface area contributed by atoms with Crippen molar-refractivity contribution in [2.45, 2.75) is 12.6 Å². The number of aliphatic imine (C=N–C) groups is 1. The summed E-state index contributed by atoms with van der Waals surface area (Å²) in [5.41, 5.74) is 1.06. The number of benzene rings is 1. The van der Waals surface area contributed by atoms with Crippen molar-refractivity contribution in [2.75, 3.05) is 39.9 Å².